The average Bonchev–Trinajstić information content (AvgIpc) is 2.47. The smallest absolute Gasteiger partial charge is 0.414 e. The van der Waals surface area contributed by atoms with Crippen LogP contribution in [0.1, 0.15) is 19.8 Å². The highest BCUT2D eigenvalue weighted by Crippen LogP contribution is 2.42. The van der Waals surface area contributed by atoms with Crippen LogP contribution in [0.2, 0.25) is 0 Å². The van der Waals surface area contributed by atoms with Gasteiger partial charge in [0.1, 0.15) is 0 Å². The Kier molecular flexibility index (Phi) is 3.49. The number of hydrogen-bond donors (Lipinski definition) is 2. The van der Waals surface area contributed by atoms with E-state index in [0.29, 0.717) is 0 Å². The minimum Gasteiger partial charge on any atom is -0.481 e. The van der Waals surface area contributed by atoms with Gasteiger partial charge < -0.3 is 14.9 Å². The fourth-order valence-electron chi connectivity index (χ4n) is 1.88. The third-order valence-corrected chi connectivity index (χ3v) is 3.06. The van der Waals surface area contributed by atoms with E-state index in [1.54, 1.807) is 0 Å². The van der Waals surface area contributed by atoms with Gasteiger partial charge in [-0.05, 0) is 13.3 Å². The monoisotopic (exact) mass is 242 g/mol. The largest absolute Gasteiger partial charge is 0.481 e. The maximum atomic E-state index is 12.2. The Hall–Kier alpha value is -0.820. The number of hydrogen-bond acceptors (Lipinski definition) is 3. The molecule has 3 atom stereocenters. The summed E-state index contributed by atoms with van der Waals surface area (Å²) in [6.07, 6.45) is -9.15. The van der Waals surface area contributed by atoms with Gasteiger partial charge >= 0.3 is 12.1 Å². The van der Waals surface area contributed by atoms with E-state index in [1.165, 1.54) is 6.92 Å². The van der Waals surface area contributed by atoms with Crippen molar-refractivity contribution in [1.82, 2.24) is 0 Å². The zero-order valence-electron chi connectivity index (χ0n) is 8.62. The minimum atomic E-state index is -4.80. The van der Waals surface area contributed by atoms with Crippen LogP contribution in [0.5, 0.6) is 0 Å². The van der Waals surface area contributed by atoms with E-state index in [0.717, 1.165) is 0 Å². The number of halogens is 3. The molecule has 0 aromatic rings. The Bertz CT molecular complexity index is 278. The molecule has 0 aromatic carbocycles. The van der Waals surface area contributed by atoms with Gasteiger partial charge in [-0.1, -0.05) is 0 Å². The van der Waals surface area contributed by atoms with Crippen molar-refractivity contribution in [2.24, 2.45) is 5.41 Å². The molecule has 0 aliphatic carbocycles. The molecule has 1 aliphatic heterocycles. The Morgan fingerprint density at radius 3 is 2.50 bits per heavy atom. The molecule has 4 nitrogen and oxygen atoms in total. The molecule has 94 valence electrons. The first-order valence-corrected chi connectivity index (χ1v) is 4.80. The normalized spacial score (nSPS) is 32.7. The van der Waals surface area contributed by atoms with Crippen molar-refractivity contribution >= 4 is 5.97 Å². The number of rotatable bonds is 3. The summed E-state index contributed by atoms with van der Waals surface area (Å²) in [5, 5.41) is 17.9. The standard InChI is InChI=1S/C9H13F3O4/c1-5-8(7(14)15,2-3-16-5)4-6(13)9(10,11)12/h5-6,13H,2-4H2,1H3,(H,14,15). The number of carboxylic acid groups (broad SMARTS) is 1. The van der Waals surface area contributed by atoms with E-state index >= 15 is 0 Å². The molecule has 1 aliphatic rings. The first-order valence-electron chi connectivity index (χ1n) is 4.80. The molecule has 1 saturated heterocycles. The molecule has 0 spiro atoms. The lowest BCUT2D eigenvalue weighted by molar-refractivity contribution is -0.216. The van der Waals surface area contributed by atoms with Crippen molar-refractivity contribution in [2.45, 2.75) is 38.1 Å². The number of carbonyl (C=O) groups is 1. The van der Waals surface area contributed by atoms with Crippen molar-refractivity contribution in [2.75, 3.05) is 6.61 Å². The van der Waals surface area contributed by atoms with E-state index in [2.05, 4.69) is 0 Å². The van der Waals surface area contributed by atoms with E-state index in [-0.39, 0.29) is 13.0 Å². The van der Waals surface area contributed by atoms with Gasteiger partial charge in [-0.15, -0.1) is 0 Å². The van der Waals surface area contributed by atoms with E-state index in [4.69, 9.17) is 14.9 Å². The van der Waals surface area contributed by atoms with Gasteiger partial charge in [-0.2, -0.15) is 13.2 Å². The van der Waals surface area contributed by atoms with Crippen molar-refractivity contribution < 1.29 is 32.9 Å². The van der Waals surface area contributed by atoms with Crippen molar-refractivity contribution in [3.05, 3.63) is 0 Å². The Balaban J connectivity index is 2.85. The van der Waals surface area contributed by atoms with Crippen LogP contribution in [0.4, 0.5) is 13.2 Å². The molecule has 1 heterocycles. The van der Waals surface area contributed by atoms with Crippen LogP contribution in [-0.2, 0) is 9.53 Å². The molecule has 0 radical (unpaired) electrons. The SMILES string of the molecule is CC1OCCC1(CC(O)C(F)(F)F)C(=O)O. The average molecular weight is 242 g/mol. The quantitative estimate of drug-likeness (QED) is 0.779. The second-order valence-electron chi connectivity index (χ2n) is 3.99. The second kappa shape index (κ2) is 4.21. The van der Waals surface area contributed by atoms with Crippen LogP contribution in [0.25, 0.3) is 0 Å². The van der Waals surface area contributed by atoms with Gasteiger partial charge in [0, 0.05) is 13.0 Å². The number of aliphatic hydroxyl groups is 1. The molecule has 2 N–H and O–H groups in total. The molecule has 3 unspecified atom stereocenters. The van der Waals surface area contributed by atoms with Crippen molar-refractivity contribution in [3.8, 4) is 0 Å². The highest BCUT2D eigenvalue weighted by atomic mass is 19.4. The van der Waals surface area contributed by atoms with Gasteiger partial charge in [0.05, 0.1) is 11.5 Å². The molecule has 0 bridgehead atoms. The van der Waals surface area contributed by atoms with Gasteiger partial charge in [0.15, 0.2) is 6.10 Å². The predicted molar refractivity (Wildman–Crippen MR) is 46.8 cm³/mol. The summed E-state index contributed by atoms with van der Waals surface area (Å²) in [4.78, 5) is 11.0. The Labute approximate surface area is 90.0 Å². The Morgan fingerprint density at radius 2 is 2.19 bits per heavy atom. The van der Waals surface area contributed by atoms with Crippen molar-refractivity contribution in [3.63, 3.8) is 0 Å². The van der Waals surface area contributed by atoms with Gasteiger partial charge in [-0.25, -0.2) is 0 Å². The third-order valence-electron chi connectivity index (χ3n) is 3.06. The molecule has 1 rings (SSSR count). The van der Waals surface area contributed by atoms with Crippen LogP contribution >= 0.6 is 0 Å². The lowest BCUT2D eigenvalue weighted by atomic mass is 9.76. The van der Waals surface area contributed by atoms with E-state index in [1.807, 2.05) is 0 Å². The first-order chi connectivity index (χ1) is 7.20. The molecule has 1 fully saturated rings. The highest BCUT2D eigenvalue weighted by molar-refractivity contribution is 5.75. The molecule has 0 aromatic heterocycles. The maximum absolute atomic E-state index is 12.2. The van der Waals surface area contributed by atoms with Crippen molar-refractivity contribution in [1.29, 1.82) is 0 Å². The summed E-state index contributed by atoms with van der Waals surface area (Å²) in [7, 11) is 0. The lowest BCUT2D eigenvalue weighted by Crippen LogP contribution is -2.44. The third kappa shape index (κ3) is 2.30. The Morgan fingerprint density at radius 1 is 1.62 bits per heavy atom. The molecule has 0 saturated carbocycles. The summed E-state index contributed by atoms with van der Waals surface area (Å²) in [6.45, 7) is 1.50. The molecule has 16 heavy (non-hydrogen) atoms. The minimum absolute atomic E-state index is 0.0172. The summed E-state index contributed by atoms with van der Waals surface area (Å²) >= 11 is 0. The van der Waals surface area contributed by atoms with E-state index < -0.39 is 36.2 Å². The topological polar surface area (TPSA) is 66.8 Å². The zero-order chi connectivity index (χ0) is 12.6. The van der Waals surface area contributed by atoms with E-state index in [9.17, 15) is 18.0 Å². The number of alkyl halides is 3. The van der Waals surface area contributed by atoms with Gasteiger partial charge in [0.25, 0.3) is 0 Å². The first kappa shape index (κ1) is 13.2. The van der Waals surface area contributed by atoms with Gasteiger partial charge in [-0.3, -0.25) is 4.79 Å². The number of ether oxygens (including phenoxy) is 1. The van der Waals surface area contributed by atoms with Crippen LogP contribution < -0.4 is 0 Å². The maximum Gasteiger partial charge on any atom is 0.414 e. The summed E-state index contributed by atoms with van der Waals surface area (Å²) in [5.41, 5.74) is -1.64. The fraction of sp³-hybridized carbons (Fsp3) is 0.889. The molecule has 0 amide bonds. The number of carboxylic acids is 1. The number of aliphatic hydroxyl groups excluding tert-OH is 1. The van der Waals surface area contributed by atoms with Crippen LogP contribution in [0, 0.1) is 5.41 Å². The van der Waals surface area contributed by atoms with Crippen LogP contribution in [0.3, 0.4) is 0 Å². The fourth-order valence-corrected chi connectivity index (χ4v) is 1.88. The molecular weight excluding hydrogens is 229 g/mol. The number of aliphatic carboxylic acids is 1. The highest BCUT2D eigenvalue weighted by Gasteiger charge is 2.53. The zero-order valence-corrected chi connectivity index (χ0v) is 8.62. The lowest BCUT2D eigenvalue weighted by Gasteiger charge is -2.30. The van der Waals surface area contributed by atoms with Gasteiger partial charge in [0.2, 0.25) is 0 Å². The molecule has 7 heteroatoms. The predicted octanol–water partition coefficient (Wildman–Crippen LogP) is 1.18. The summed E-state index contributed by atoms with van der Waals surface area (Å²) < 4.78 is 41.5. The summed E-state index contributed by atoms with van der Waals surface area (Å²) in [6, 6.07) is 0. The summed E-state index contributed by atoms with van der Waals surface area (Å²) in [5.74, 6) is -1.36. The van der Waals surface area contributed by atoms with Crippen LogP contribution in [-0.4, -0.2) is 41.2 Å². The van der Waals surface area contributed by atoms with Crippen LogP contribution in [0.15, 0.2) is 0 Å². The second-order valence-corrected chi connectivity index (χ2v) is 3.99. The molecular formula is C9H13F3O4.